The molecule has 1 atom stereocenters. The Kier molecular flexibility index (Phi) is 3.60. The fourth-order valence-corrected chi connectivity index (χ4v) is 5.02. The van der Waals surface area contributed by atoms with Crippen LogP contribution in [0.5, 0.6) is 11.5 Å². The Hall–Kier alpha value is -1.79. The molecule has 2 aliphatic heterocycles. The molecular weight excluding hydrogens is 434 g/mol. The third kappa shape index (κ3) is 2.11. The van der Waals surface area contributed by atoms with Crippen LogP contribution in [-0.4, -0.2) is 25.3 Å². The van der Waals surface area contributed by atoms with Gasteiger partial charge in [-0.15, -0.1) is 0 Å². The minimum absolute atomic E-state index is 0.0664. The molecule has 138 valence electrons. The quantitative estimate of drug-likeness (QED) is 0.407. The zero-order chi connectivity index (χ0) is 19.2. The molecule has 3 aromatic rings. The van der Waals surface area contributed by atoms with Gasteiger partial charge in [0.25, 0.3) is 5.91 Å². The van der Waals surface area contributed by atoms with Crippen LogP contribution in [0, 0.1) is 0 Å². The second kappa shape index (κ2) is 5.61. The van der Waals surface area contributed by atoms with Gasteiger partial charge in [0.05, 0.1) is 32.9 Å². The first-order valence-corrected chi connectivity index (χ1v) is 9.58. The van der Waals surface area contributed by atoms with E-state index in [4.69, 9.17) is 46.4 Å². The molecule has 5 rings (SSSR count). The molecule has 27 heavy (non-hydrogen) atoms. The van der Waals surface area contributed by atoms with Gasteiger partial charge in [-0.05, 0) is 31.0 Å². The molecule has 0 saturated carbocycles. The van der Waals surface area contributed by atoms with E-state index in [0.717, 1.165) is 5.69 Å². The summed E-state index contributed by atoms with van der Waals surface area (Å²) in [4.78, 5) is 12.9. The lowest BCUT2D eigenvalue weighted by atomic mass is 9.95. The van der Waals surface area contributed by atoms with Crippen LogP contribution < -0.4 is 0 Å². The number of phenolic OH excluding ortho intramolecular Hbond substituents is 2. The number of fused-ring (bicyclic) bond motifs is 4. The first kappa shape index (κ1) is 17.3. The van der Waals surface area contributed by atoms with E-state index in [2.05, 4.69) is 0 Å². The van der Waals surface area contributed by atoms with Crippen molar-refractivity contribution < 1.29 is 15.0 Å². The number of halogens is 4. The lowest BCUT2D eigenvalue weighted by Gasteiger charge is -2.19. The van der Waals surface area contributed by atoms with Crippen molar-refractivity contribution >= 4 is 52.3 Å². The highest BCUT2D eigenvalue weighted by Crippen LogP contribution is 2.51. The molecule has 4 heterocycles. The molecule has 0 aliphatic carbocycles. The Balaban J connectivity index is 1.74. The lowest BCUT2D eigenvalue weighted by molar-refractivity contribution is 0.0967. The summed E-state index contributed by atoms with van der Waals surface area (Å²) in [6, 6.07) is 4.31. The molecule has 0 radical (unpaired) electrons. The number of hydrogen-bond acceptors (Lipinski definition) is 3. The molecule has 1 aromatic carbocycles. The lowest BCUT2D eigenvalue weighted by Crippen LogP contribution is -2.10. The fourth-order valence-electron chi connectivity index (χ4n) is 4.12. The number of aromatic nitrogens is 2. The minimum Gasteiger partial charge on any atom is -0.507 e. The van der Waals surface area contributed by atoms with E-state index in [1.807, 2.05) is 0 Å². The van der Waals surface area contributed by atoms with Gasteiger partial charge >= 0.3 is 0 Å². The van der Waals surface area contributed by atoms with Crippen LogP contribution in [-0.2, 0) is 6.42 Å². The highest BCUT2D eigenvalue weighted by atomic mass is 35.5. The van der Waals surface area contributed by atoms with Crippen LogP contribution in [0.25, 0.3) is 11.3 Å². The van der Waals surface area contributed by atoms with Gasteiger partial charge < -0.3 is 14.8 Å². The van der Waals surface area contributed by atoms with Gasteiger partial charge in [-0.3, -0.25) is 9.36 Å². The van der Waals surface area contributed by atoms with Crippen molar-refractivity contribution in [1.29, 1.82) is 0 Å². The number of carbonyl (C=O) groups excluding carboxylic acids is 1. The average molecular weight is 444 g/mol. The summed E-state index contributed by atoms with van der Waals surface area (Å²) in [5.74, 6) is -0.921. The number of benzene rings is 1. The molecule has 0 spiro atoms. The number of rotatable bonds is 1. The highest BCUT2D eigenvalue weighted by Gasteiger charge is 2.38. The summed E-state index contributed by atoms with van der Waals surface area (Å²) in [5, 5.41) is 22.7. The number of carbonyl (C=O) groups is 1. The Morgan fingerprint density at radius 3 is 2.44 bits per heavy atom. The SMILES string of the molecule is O=C1c2c(cc(O)c([C@@H]3CCc4cc(Cl)c(Cl)n43)c2O)-c2cc(Cl)c(Cl)n21. The summed E-state index contributed by atoms with van der Waals surface area (Å²) < 4.78 is 2.99. The highest BCUT2D eigenvalue weighted by molar-refractivity contribution is 6.43. The van der Waals surface area contributed by atoms with Gasteiger partial charge in [-0.25, -0.2) is 0 Å². The van der Waals surface area contributed by atoms with Gasteiger partial charge in [0, 0.05) is 11.3 Å². The molecule has 0 saturated heterocycles. The van der Waals surface area contributed by atoms with E-state index in [9.17, 15) is 15.0 Å². The van der Waals surface area contributed by atoms with E-state index in [1.54, 1.807) is 10.6 Å². The van der Waals surface area contributed by atoms with E-state index in [-0.39, 0.29) is 32.8 Å². The van der Waals surface area contributed by atoms with Crippen LogP contribution in [0.2, 0.25) is 20.4 Å². The Morgan fingerprint density at radius 1 is 1.00 bits per heavy atom. The van der Waals surface area contributed by atoms with Crippen molar-refractivity contribution in [1.82, 2.24) is 9.13 Å². The van der Waals surface area contributed by atoms with Gasteiger partial charge in [0.15, 0.2) is 0 Å². The summed E-state index contributed by atoms with van der Waals surface area (Å²) in [7, 11) is 0. The van der Waals surface area contributed by atoms with Gasteiger partial charge in [-0.1, -0.05) is 46.4 Å². The monoisotopic (exact) mass is 442 g/mol. The van der Waals surface area contributed by atoms with Crippen molar-refractivity contribution in [3.05, 3.63) is 55.4 Å². The second-order valence-electron chi connectivity index (χ2n) is 6.59. The minimum atomic E-state index is -0.495. The Morgan fingerprint density at radius 2 is 1.70 bits per heavy atom. The first-order valence-electron chi connectivity index (χ1n) is 8.07. The average Bonchev–Trinajstić information content (AvgIpc) is 3.29. The number of hydrogen-bond donors (Lipinski definition) is 2. The molecule has 2 aliphatic rings. The fraction of sp³-hybridized carbons (Fsp3) is 0.167. The van der Waals surface area contributed by atoms with E-state index in [0.29, 0.717) is 34.3 Å². The van der Waals surface area contributed by atoms with Crippen LogP contribution in [0.4, 0.5) is 0 Å². The third-order valence-corrected chi connectivity index (χ3v) is 6.77. The third-order valence-electron chi connectivity index (χ3n) is 5.24. The van der Waals surface area contributed by atoms with Crippen LogP contribution in [0.15, 0.2) is 18.2 Å². The zero-order valence-corrected chi connectivity index (χ0v) is 16.5. The molecule has 0 unspecified atom stereocenters. The number of nitrogens with zero attached hydrogens (tertiary/aromatic N) is 2. The molecule has 2 N–H and O–H groups in total. The van der Waals surface area contributed by atoms with Crippen LogP contribution in [0.1, 0.15) is 34.1 Å². The van der Waals surface area contributed by atoms with E-state index in [1.165, 1.54) is 16.7 Å². The molecule has 0 fully saturated rings. The predicted molar refractivity (Wildman–Crippen MR) is 104 cm³/mol. The molecule has 2 aromatic heterocycles. The summed E-state index contributed by atoms with van der Waals surface area (Å²) in [5.41, 5.74) is 2.03. The summed E-state index contributed by atoms with van der Waals surface area (Å²) in [6.07, 6.45) is 1.29. The summed E-state index contributed by atoms with van der Waals surface area (Å²) in [6.45, 7) is 0. The van der Waals surface area contributed by atoms with Gasteiger partial charge in [-0.2, -0.15) is 0 Å². The van der Waals surface area contributed by atoms with E-state index >= 15 is 0 Å². The van der Waals surface area contributed by atoms with Gasteiger partial charge in [0.1, 0.15) is 21.8 Å². The molecule has 5 nitrogen and oxygen atoms in total. The number of aryl methyl sites for hydroxylation is 1. The topological polar surface area (TPSA) is 67.4 Å². The standard InChI is InChI=1S/C18H10Cl4N2O3/c19-8-3-6-1-2-10(23(6)16(8)21)14-12(25)4-7-11-5-9(20)17(22)24(11)18(27)13(7)15(14)26/h3-5,10,25-26H,1-2H2/t10-/m0/s1. The second-order valence-corrected chi connectivity index (χ2v) is 8.12. The molecule has 0 bridgehead atoms. The summed E-state index contributed by atoms with van der Waals surface area (Å²) >= 11 is 24.5. The first-order chi connectivity index (χ1) is 12.8. The Bertz CT molecular complexity index is 1180. The van der Waals surface area contributed by atoms with Crippen molar-refractivity contribution in [3.8, 4) is 22.8 Å². The van der Waals surface area contributed by atoms with Crippen LogP contribution >= 0.6 is 46.4 Å². The molecular formula is C18H10Cl4N2O3. The maximum absolute atomic E-state index is 12.9. The molecule has 0 amide bonds. The van der Waals surface area contributed by atoms with Crippen molar-refractivity contribution in [2.45, 2.75) is 18.9 Å². The van der Waals surface area contributed by atoms with E-state index < -0.39 is 11.9 Å². The number of phenols is 2. The van der Waals surface area contributed by atoms with Crippen LogP contribution in [0.3, 0.4) is 0 Å². The predicted octanol–water partition coefficient (Wildman–Crippen LogP) is 5.52. The van der Waals surface area contributed by atoms with Crippen molar-refractivity contribution in [2.75, 3.05) is 0 Å². The van der Waals surface area contributed by atoms with Gasteiger partial charge in [0.2, 0.25) is 0 Å². The van der Waals surface area contributed by atoms with Crippen molar-refractivity contribution in [2.24, 2.45) is 0 Å². The maximum atomic E-state index is 12.9. The largest absolute Gasteiger partial charge is 0.507 e. The molecule has 9 heteroatoms. The normalized spacial score (nSPS) is 17.3. The van der Waals surface area contributed by atoms with Crippen molar-refractivity contribution in [3.63, 3.8) is 0 Å². The number of aromatic hydroxyl groups is 2. The smallest absolute Gasteiger partial charge is 0.268 e. The Labute approximate surface area is 173 Å². The zero-order valence-electron chi connectivity index (χ0n) is 13.4. The maximum Gasteiger partial charge on any atom is 0.268 e.